The summed E-state index contributed by atoms with van der Waals surface area (Å²) in [5, 5.41) is 3.23. The number of nitrogens with zero attached hydrogens (tertiary/aromatic N) is 3. The van der Waals surface area contributed by atoms with Crippen molar-refractivity contribution >= 4 is 23.5 Å². The minimum atomic E-state index is -1.07. The molecule has 2 heterocycles. The van der Waals surface area contributed by atoms with Crippen LogP contribution in [0.5, 0.6) is 0 Å². The molecule has 1 saturated heterocycles. The van der Waals surface area contributed by atoms with Gasteiger partial charge < -0.3 is 9.88 Å². The molecular weight excluding hydrogens is 316 g/mol. The van der Waals surface area contributed by atoms with Crippen LogP contribution in [0.15, 0.2) is 30.5 Å². The van der Waals surface area contributed by atoms with Gasteiger partial charge in [0.25, 0.3) is 5.91 Å². The van der Waals surface area contributed by atoms with Crippen molar-refractivity contribution < 1.29 is 9.59 Å². The Hall–Kier alpha value is -2.34. The molecule has 3 amide bonds. The SMILES string of the molecule is Cc1ccc(C2(C)NC(=O)N(Cc3ncc(Cl)n3C)C2=O)cc1. The van der Waals surface area contributed by atoms with Crippen LogP contribution in [0.4, 0.5) is 4.79 Å². The Morgan fingerprint density at radius 2 is 1.91 bits per heavy atom. The molecule has 1 unspecified atom stereocenters. The van der Waals surface area contributed by atoms with E-state index in [1.54, 1.807) is 18.5 Å². The van der Waals surface area contributed by atoms with E-state index < -0.39 is 11.6 Å². The molecule has 6 nitrogen and oxygen atoms in total. The average molecular weight is 333 g/mol. The summed E-state index contributed by atoms with van der Waals surface area (Å²) in [6.07, 6.45) is 1.49. The van der Waals surface area contributed by atoms with E-state index in [1.165, 1.54) is 11.1 Å². The first-order valence-corrected chi connectivity index (χ1v) is 7.58. The Kier molecular flexibility index (Phi) is 3.64. The van der Waals surface area contributed by atoms with Crippen molar-refractivity contribution in [2.75, 3.05) is 0 Å². The highest BCUT2D eigenvalue weighted by Crippen LogP contribution is 2.30. The first kappa shape index (κ1) is 15.6. The number of urea groups is 1. The van der Waals surface area contributed by atoms with Crippen LogP contribution in [0.3, 0.4) is 0 Å². The van der Waals surface area contributed by atoms with Crippen LogP contribution < -0.4 is 5.32 Å². The number of imidazole rings is 1. The number of aromatic nitrogens is 2. The maximum atomic E-state index is 12.8. The summed E-state index contributed by atoms with van der Waals surface area (Å²) in [5.74, 6) is 0.247. The lowest BCUT2D eigenvalue weighted by Gasteiger charge is -2.22. The summed E-state index contributed by atoms with van der Waals surface area (Å²) in [5.41, 5.74) is 0.773. The fourth-order valence-electron chi connectivity index (χ4n) is 2.64. The maximum Gasteiger partial charge on any atom is 0.325 e. The van der Waals surface area contributed by atoms with Crippen molar-refractivity contribution in [1.29, 1.82) is 0 Å². The van der Waals surface area contributed by atoms with E-state index in [-0.39, 0.29) is 12.5 Å². The summed E-state index contributed by atoms with van der Waals surface area (Å²) >= 11 is 5.95. The molecule has 1 aliphatic rings. The van der Waals surface area contributed by atoms with Crippen LogP contribution in [-0.2, 0) is 23.9 Å². The molecule has 1 aliphatic heterocycles. The molecule has 7 heteroatoms. The lowest BCUT2D eigenvalue weighted by molar-refractivity contribution is -0.131. The van der Waals surface area contributed by atoms with Gasteiger partial charge in [-0.05, 0) is 19.4 Å². The zero-order valence-electron chi connectivity index (χ0n) is 13.1. The van der Waals surface area contributed by atoms with Crippen LogP contribution >= 0.6 is 11.6 Å². The van der Waals surface area contributed by atoms with E-state index in [1.807, 2.05) is 31.2 Å². The van der Waals surface area contributed by atoms with Crippen LogP contribution in [0.25, 0.3) is 0 Å². The van der Waals surface area contributed by atoms with Gasteiger partial charge in [0.15, 0.2) is 0 Å². The second kappa shape index (κ2) is 5.38. The Balaban J connectivity index is 1.90. The second-order valence-corrected chi connectivity index (χ2v) is 6.26. The van der Waals surface area contributed by atoms with Crippen LogP contribution in [0.2, 0.25) is 5.15 Å². The van der Waals surface area contributed by atoms with Crippen molar-refractivity contribution in [3.8, 4) is 0 Å². The number of aryl methyl sites for hydroxylation is 1. The van der Waals surface area contributed by atoms with E-state index in [2.05, 4.69) is 10.3 Å². The van der Waals surface area contributed by atoms with Gasteiger partial charge in [0.05, 0.1) is 12.7 Å². The fraction of sp³-hybridized carbons (Fsp3) is 0.312. The molecular formula is C16H17ClN4O2. The molecule has 1 fully saturated rings. The van der Waals surface area contributed by atoms with Gasteiger partial charge in [-0.2, -0.15) is 0 Å². The number of benzene rings is 1. The predicted octanol–water partition coefficient (Wildman–Crippen LogP) is 2.35. The molecule has 0 spiro atoms. The van der Waals surface area contributed by atoms with Crippen molar-refractivity contribution in [3.05, 3.63) is 52.6 Å². The third kappa shape index (κ3) is 2.49. The van der Waals surface area contributed by atoms with E-state index in [9.17, 15) is 9.59 Å². The van der Waals surface area contributed by atoms with Gasteiger partial charge in [0.1, 0.15) is 16.5 Å². The highest BCUT2D eigenvalue weighted by molar-refractivity contribution is 6.29. The van der Waals surface area contributed by atoms with Crippen LogP contribution in [0, 0.1) is 6.92 Å². The monoisotopic (exact) mass is 332 g/mol. The summed E-state index contributed by atoms with van der Waals surface area (Å²) in [4.78, 5) is 30.4. The van der Waals surface area contributed by atoms with Gasteiger partial charge in [0.2, 0.25) is 0 Å². The minimum absolute atomic E-state index is 0.0787. The van der Waals surface area contributed by atoms with Crippen LogP contribution in [-0.4, -0.2) is 26.4 Å². The largest absolute Gasteiger partial charge is 0.325 e. The third-order valence-electron chi connectivity index (χ3n) is 4.23. The fourth-order valence-corrected chi connectivity index (χ4v) is 2.78. The van der Waals surface area contributed by atoms with Crippen molar-refractivity contribution in [1.82, 2.24) is 19.8 Å². The minimum Gasteiger partial charge on any atom is -0.321 e. The van der Waals surface area contributed by atoms with E-state index >= 15 is 0 Å². The Labute approximate surface area is 139 Å². The van der Waals surface area contributed by atoms with Gasteiger partial charge in [-0.15, -0.1) is 0 Å². The number of nitrogens with one attached hydrogen (secondary N) is 1. The highest BCUT2D eigenvalue weighted by Gasteiger charge is 2.49. The molecule has 0 saturated carbocycles. The van der Waals surface area contributed by atoms with Gasteiger partial charge >= 0.3 is 6.03 Å². The average Bonchev–Trinajstić information content (AvgIpc) is 2.94. The summed E-state index contributed by atoms with van der Waals surface area (Å²) in [7, 11) is 1.74. The topological polar surface area (TPSA) is 67.2 Å². The Morgan fingerprint density at radius 1 is 1.26 bits per heavy atom. The number of carbonyl (C=O) groups excluding carboxylic acids is 2. The lowest BCUT2D eigenvalue weighted by Crippen LogP contribution is -2.40. The van der Waals surface area contributed by atoms with Crippen LogP contribution in [0.1, 0.15) is 23.9 Å². The lowest BCUT2D eigenvalue weighted by atomic mass is 9.91. The molecule has 2 aromatic rings. The quantitative estimate of drug-likeness (QED) is 0.877. The number of imide groups is 1. The predicted molar refractivity (Wildman–Crippen MR) is 85.8 cm³/mol. The standard InChI is InChI=1S/C16H17ClN4O2/c1-10-4-6-11(7-5-10)16(2)14(22)21(15(23)19-16)9-13-18-8-12(17)20(13)3/h4-8H,9H2,1-3H3,(H,19,23). The molecule has 3 rings (SSSR count). The summed E-state index contributed by atoms with van der Waals surface area (Å²) in [6, 6.07) is 7.11. The molecule has 1 aromatic carbocycles. The first-order chi connectivity index (χ1) is 10.8. The van der Waals surface area contributed by atoms with E-state index in [4.69, 9.17) is 11.6 Å². The molecule has 1 aromatic heterocycles. The molecule has 1 N–H and O–H groups in total. The van der Waals surface area contributed by atoms with Gasteiger partial charge in [-0.25, -0.2) is 9.78 Å². The number of hydrogen-bond donors (Lipinski definition) is 1. The van der Waals surface area contributed by atoms with Gasteiger partial charge in [0, 0.05) is 7.05 Å². The second-order valence-electron chi connectivity index (χ2n) is 5.87. The molecule has 0 bridgehead atoms. The molecule has 1 atom stereocenters. The molecule has 0 radical (unpaired) electrons. The van der Waals surface area contributed by atoms with E-state index in [0.29, 0.717) is 11.0 Å². The van der Waals surface area contributed by atoms with E-state index in [0.717, 1.165) is 11.1 Å². The number of rotatable bonds is 3. The number of carbonyl (C=O) groups is 2. The smallest absolute Gasteiger partial charge is 0.321 e. The van der Waals surface area contributed by atoms with Crippen molar-refractivity contribution in [2.45, 2.75) is 25.9 Å². The Morgan fingerprint density at radius 3 is 2.48 bits per heavy atom. The highest BCUT2D eigenvalue weighted by atomic mass is 35.5. The first-order valence-electron chi connectivity index (χ1n) is 7.20. The summed E-state index contributed by atoms with van der Waals surface area (Å²) in [6.45, 7) is 3.76. The number of amides is 3. The summed E-state index contributed by atoms with van der Waals surface area (Å²) < 4.78 is 1.64. The van der Waals surface area contributed by atoms with Gasteiger partial charge in [-0.1, -0.05) is 41.4 Å². The molecule has 120 valence electrons. The van der Waals surface area contributed by atoms with Crippen molar-refractivity contribution in [3.63, 3.8) is 0 Å². The maximum absolute atomic E-state index is 12.8. The Bertz CT molecular complexity index is 784. The number of hydrogen-bond acceptors (Lipinski definition) is 3. The van der Waals surface area contributed by atoms with Gasteiger partial charge in [-0.3, -0.25) is 9.69 Å². The molecule has 23 heavy (non-hydrogen) atoms. The van der Waals surface area contributed by atoms with Crippen molar-refractivity contribution in [2.24, 2.45) is 7.05 Å². The third-order valence-corrected chi connectivity index (χ3v) is 4.58. The molecule has 0 aliphatic carbocycles. The zero-order valence-corrected chi connectivity index (χ0v) is 13.9. The zero-order chi connectivity index (χ0) is 16.8. The number of halogens is 1. The normalized spacial score (nSPS) is 21.0.